The van der Waals surface area contributed by atoms with Gasteiger partial charge in [-0.25, -0.2) is 0 Å². The topological polar surface area (TPSA) is 59.0 Å². The molecule has 5 heteroatoms. The third kappa shape index (κ3) is 2.83. The molecule has 0 bridgehead atoms. The zero-order valence-electron chi connectivity index (χ0n) is 13.0. The zero-order valence-corrected chi connectivity index (χ0v) is 13.0. The maximum absolute atomic E-state index is 12.6. The molecule has 0 aliphatic carbocycles. The highest BCUT2D eigenvalue weighted by Gasteiger charge is 2.37. The average Bonchev–Trinajstić information content (AvgIpc) is 2.48. The molecule has 0 saturated carbocycles. The molecule has 0 spiro atoms. The number of carbonyl (C=O) groups is 1. The summed E-state index contributed by atoms with van der Waals surface area (Å²) in [6.07, 6.45) is 0.347. The summed E-state index contributed by atoms with van der Waals surface area (Å²) >= 11 is 0. The highest BCUT2D eigenvalue weighted by molar-refractivity contribution is 6.01. The van der Waals surface area contributed by atoms with Crippen molar-refractivity contribution in [2.24, 2.45) is 5.92 Å². The van der Waals surface area contributed by atoms with Gasteiger partial charge in [-0.15, -0.1) is 0 Å². The standard InChI is InChI=1S/C16H23NO4/c1-5-6-17-12-7-11(9-18)8-13(20-4)15(12)21-14(10(2)3)16(17)19/h7-8,10,14,18H,5-6,9H2,1-4H3. The highest BCUT2D eigenvalue weighted by Crippen LogP contribution is 2.43. The van der Waals surface area contributed by atoms with Gasteiger partial charge in [0.25, 0.3) is 5.91 Å². The number of rotatable bonds is 5. The first-order valence-electron chi connectivity index (χ1n) is 7.33. The van der Waals surface area contributed by atoms with Gasteiger partial charge in [0, 0.05) is 6.54 Å². The lowest BCUT2D eigenvalue weighted by molar-refractivity contribution is -0.128. The van der Waals surface area contributed by atoms with Crippen molar-refractivity contribution in [2.45, 2.75) is 39.9 Å². The van der Waals surface area contributed by atoms with Crippen LogP contribution in [0, 0.1) is 5.92 Å². The molecule has 1 aliphatic rings. The lowest BCUT2D eigenvalue weighted by Crippen LogP contribution is -2.48. The summed E-state index contributed by atoms with van der Waals surface area (Å²) in [4.78, 5) is 14.4. The molecule has 1 aliphatic heterocycles. The van der Waals surface area contributed by atoms with Crippen LogP contribution in [0.15, 0.2) is 12.1 Å². The number of fused-ring (bicyclic) bond motifs is 1. The molecular formula is C16H23NO4. The molecule has 1 aromatic rings. The van der Waals surface area contributed by atoms with E-state index in [4.69, 9.17) is 9.47 Å². The van der Waals surface area contributed by atoms with Crippen LogP contribution in [0.5, 0.6) is 11.5 Å². The predicted octanol–water partition coefficient (Wildman–Crippen LogP) is 2.35. The Balaban J connectivity index is 2.57. The van der Waals surface area contributed by atoms with E-state index < -0.39 is 6.10 Å². The lowest BCUT2D eigenvalue weighted by Gasteiger charge is -2.36. The van der Waals surface area contributed by atoms with Crippen LogP contribution in [0.2, 0.25) is 0 Å². The summed E-state index contributed by atoms with van der Waals surface area (Å²) in [5, 5.41) is 9.38. The van der Waals surface area contributed by atoms with Crippen LogP contribution in [0.1, 0.15) is 32.8 Å². The number of hydrogen-bond acceptors (Lipinski definition) is 4. The molecular weight excluding hydrogens is 270 g/mol. The van der Waals surface area contributed by atoms with Gasteiger partial charge >= 0.3 is 0 Å². The normalized spacial score (nSPS) is 17.7. The number of ether oxygens (including phenoxy) is 2. The largest absolute Gasteiger partial charge is 0.493 e. The first-order valence-corrected chi connectivity index (χ1v) is 7.33. The number of anilines is 1. The van der Waals surface area contributed by atoms with Gasteiger partial charge in [-0.3, -0.25) is 4.79 Å². The van der Waals surface area contributed by atoms with E-state index in [1.165, 1.54) is 0 Å². The number of hydrogen-bond donors (Lipinski definition) is 1. The van der Waals surface area contributed by atoms with Crippen molar-refractivity contribution in [1.82, 2.24) is 0 Å². The average molecular weight is 293 g/mol. The molecule has 1 unspecified atom stereocenters. The summed E-state index contributed by atoms with van der Waals surface area (Å²) in [6.45, 7) is 6.47. The Hall–Kier alpha value is -1.75. The Morgan fingerprint density at radius 2 is 2.14 bits per heavy atom. The van der Waals surface area contributed by atoms with E-state index in [0.29, 0.717) is 29.3 Å². The van der Waals surface area contributed by atoms with Crippen LogP contribution >= 0.6 is 0 Å². The minimum Gasteiger partial charge on any atom is -0.493 e. The van der Waals surface area contributed by atoms with Gasteiger partial charge in [0.05, 0.1) is 19.4 Å². The predicted molar refractivity (Wildman–Crippen MR) is 80.8 cm³/mol. The van der Waals surface area contributed by atoms with Crippen molar-refractivity contribution < 1.29 is 19.4 Å². The van der Waals surface area contributed by atoms with Crippen molar-refractivity contribution in [1.29, 1.82) is 0 Å². The number of aliphatic hydroxyl groups is 1. The Bertz CT molecular complexity index is 527. The summed E-state index contributed by atoms with van der Waals surface area (Å²) in [6, 6.07) is 3.54. The highest BCUT2D eigenvalue weighted by atomic mass is 16.5. The third-order valence-corrected chi connectivity index (χ3v) is 3.60. The number of aliphatic hydroxyl groups excluding tert-OH is 1. The van der Waals surface area contributed by atoms with E-state index in [1.54, 1.807) is 24.1 Å². The van der Waals surface area contributed by atoms with Crippen molar-refractivity contribution in [3.8, 4) is 11.5 Å². The van der Waals surface area contributed by atoms with E-state index in [2.05, 4.69) is 0 Å². The van der Waals surface area contributed by atoms with Crippen LogP contribution in [0.4, 0.5) is 5.69 Å². The van der Waals surface area contributed by atoms with Gasteiger partial charge in [0.2, 0.25) is 0 Å². The van der Waals surface area contributed by atoms with E-state index in [1.807, 2.05) is 20.8 Å². The molecule has 0 fully saturated rings. The summed E-state index contributed by atoms with van der Waals surface area (Å²) in [5.74, 6) is 1.18. The van der Waals surface area contributed by atoms with Gasteiger partial charge in [0.1, 0.15) is 0 Å². The minimum atomic E-state index is -0.502. The second-order valence-corrected chi connectivity index (χ2v) is 5.58. The van der Waals surface area contributed by atoms with Gasteiger partial charge in [-0.2, -0.15) is 0 Å². The first-order chi connectivity index (χ1) is 10.0. The van der Waals surface area contributed by atoms with E-state index in [0.717, 1.165) is 6.42 Å². The van der Waals surface area contributed by atoms with Crippen molar-refractivity contribution in [3.63, 3.8) is 0 Å². The fraction of sp³-hybridized carbons (Fsp3) is 0.562. The molecule has 1 atom stereocenters. The van der Waals surface area contributed by atoms with Gasteiger partial charge in [-0.1, -0.05) is 20.8 Å². The molecule has 1 heterocycles. The van der Waals surface area contributed by atoms with Crippen molar-refractivity contribution in [2.75, 3.05) is 18.6 Å². The molecule has 21 heavy (non-hydrogen) atoms. The molecule has 1 aromatic carbocycles. The lowest BCUT2D eigenvalue weighted by atomic mass is 10.0. The maximum atomic E-state index is 12.6. The van der Waals surface area contributed by atoms with E-state index in [9.17, 15) is 9.90 Å². The maximum Gasteiger partial charge on any atom is 0.268 e. The Labute approximate surface area is 125 Å². The molecule has 0 radical (unpaired) electrons. The van der Waals surface area contributed by atoms with Crippen LogP contribution in [0.25, 0.3) is 0 Å². The third-order valence-electron chi connectivity index (χ3n) is 3.60. The fourth-order valence-corrected chi connectivity index (χ4v) is 2.53. The minimum absolute atomic E-state index is 0.0310. The van der Waals surface area contributed by atoms with Gasteiger partial charge in [0.15, 0.2) is 17.6 Å². The van der Waals surface area contributed by atoms with Crippen molar-refractivity contribution in [3.05, 3.63) is 17.7 Å². The molecule has 116 valence electrons. The summed E-state index contributed by atoms with van der Waals surface area (Å²) < 4.78 is 11.3. The number of benzene rings is 1. The van der Waals surface area contributed by atoms with Crippen LogP contribution < -0.4 is 14.4 Å². The van der Waals surface area contributed by atoms with Crippen molar-refractivity contribution >= 4 is 11.6 Å². The second kappa shape index (κ2) is 6.35. The second-order valence-electron chi connectivity index (χ2n) is 5.58. The number of methoxy groups -OCH3 is 1. The first kappa shape index (κ1) is 15.6. The zero-order chi connectivity index (χ0) is 15.6. The molecule has 1 amide bonds. The number of nitrogens with zero attached hydrogens (tertiary/aromatic N) is 1. The number of amides is 1. The molecule has 0 aromatic heterocycles. The van der Waals surface area contributed by atoms with Gasteiger partial charge < -0.3 is 19.5 Å². The quantitative estimate of drug-likeness (QED) is 0.905. The molecule has 5 nitrogen and oxygen atoms in total. The van der Waals surface area contributed by atoms with Crippen LogP contribution in [-0.4, -0.2) is 30.8 Å². The molecule has 2 rings (SSSR count). The Morgan fingerprint density at radius 1 is 1.43 bits per heavy atom. The van der Waals surface area contributed by atoms with Crippen LogP contribution in [-0.2, 0) is 11.4 Å². The Kier molecular flexibility index (Phi) is 4.73. The molecule has 0 saturated heterocycles. The smallest absolute Gasteiger partial charge is 0.268 e. The van der Waals surface area contributed by atoms with E-state index in [-0.39, 0.29) is 18.4 Å². The number of carbonyl (C=O) groups excluding carboxylic acids is 1. The van der Waals surface area contributed by atoms with Gasteiger partial charge in [-0.05, 0) is 30.0 Å². The van der Waals surface area contributed by atoms with Crippen LogP contribution in [0.3, 0.4) is 0 Å². The Morgan fingerprint density at radius 3 is 2.67 bits per heavy atom. The molecule has 1 N–H and O–H groups in total. The summed E-state index contributed by atoms with van der Waals surface area (Å²) in [5.41, 5.74) is 1.38. The SMILES string of the molecule is CCCN1C(=O)C(C(C)C)Oc2c(OC)cc(CO)cc21. The summed E-state index contributed by atoms with van der Waals surface area (Å²) in [7, 11) is 1.56. The monoisotopic (exact) mass is 293 g/mol. The van der Waals surface area contributed by atoms with E-state index >= 15 is 0 Å². The fourth-order valence-electron chi connectivity index (χ4n) is 2.53.